The Labute approximate surface area is 166 Å². The second-order valence-corrected chi connectivity index (χ2v) is 7.72. The lowest BCUT2D eigenvalue weighted by atomic mass is 10.00. The zero-order valence-electron chi connectivity index (χ0n) is 18.0. The topological polar surface area (TPSA) is 79.2 Å². The molecule has 0 aliphatic carbocycles. The quantitative estimate of drug-likeness (QED) is 0.244. The number of nitrogens with one attached hydrogen (secondary N) is 3. The van der Waals surface area contributed by atoms with E-state index >= 15 is 0 Å². The molecule has 1 amide bonds. The lowest BCUT2D eigenvalue weighted by Gasteiger charge is -2.28. The van der Waals surface area contributed by atoms with Crippen LogP contribution in [-0.4, -0.2) is 31.1 Å². The van der Waals surface area contributed by atoms with Crippen molar-refractivity contribution in [2.75, 3.05) is 13.1 Å². The van der Waals surface area contributed by atoms with E-state index in [0.717, 1.165) is 56.5 Å². The standard InChI is InChI=1S/C22H42N4O/c1-8-11-20(25-18(6)13-9-14-23)22(27)26-21(17(4)5)19(7)24-15-10-12-16(2)3/h17,20-21,24-25H,2,6-15,23H2,1,3-5H3,(H,26,27). The molecule has 0 bridgehead atoms. The Morgan fingerprint density at radius 1 is 1.07 bits per heavy atom. The van der Waals surface area contributed by atoms with Gasteiger partial charge in [-0.3, -0.25) is 4.79 Å². The zero-order chi connectivity index (χ0) is 20.8. The monoisotopic (exact) mass is 378 g/mol. The third kappa shape index (κ3) is 11.5. The maximum Gasteiger partial charge on any atom is 0.243 e. The van der Waals surface area contributed by atoms with Gasteiger partial charge in [0.15, 0.2) is 0 Å². The van der Waals surface area contributed by atoms with E-state index in [0.29, 0.717) is 6.54 Å². The van der Waals surface area contributed by atoms with Crippen LogP contribution < -0.4 is 21.7 Å². The minimum atomic E-state index is -0.280. The van der Waals surface area contributed by atoms with Gasteiger partial charge in [-0.15, -0.1) is 6.58 Å². The van der Waals surface area contributed by atoms with Crippen LogP contribution in [0.3, 0.4) is 0 Å². The van der Waals surface area contributed by atoms with Crippen molar-refractivity contribution in [2.45, 2.75) is 78.3 Å². The summed E-state index contributed by atoms with van der Waals surface area (Å²) in [6, 6.07) is -0.390. The number of amides is 1. The van der Waals surface area contributed by atoms with Crippen molar-refractivity contribution in [3.8, 4) is 0 Å². The van der Waals surface area contributed by atoms with E-state index in [-0.39, 0.29) is 23.9 Å². The molecule has 156 valence electrons. The Morgan fingerprint density at radius 3 is 2.26 bits per heavy atom. The van der Waals surface area contributed by atoms with Crippen LogP contribution in [0.2, 0.25) is 0 Å². The van der Waals surface area contributed by atoms with Gasteiger partial charge in [0.25, 0.3) is 0 Å². The van der Waals surface area contributed by atoms with Gasteiger partial charge in [0.05, 0.1) is 6.04 Å². The average molecular weight is 379 g/mol. The van der Waals surface area contributed by atoms with Gasteiger partial charge in [-0.25, -0.2) is 0 Å². The summed E-state index contributed by atoms with van der Waals surface area (Å²) >= 11 is 0. The molecular weight excluding hydrogens is 336 g/mol. The van der Waals surface area contributed by atoms with Crippen molar-refractivity contribution < 1.29 is 4.79 Å². The number of carbonyl (C=O) groups is 1. The van der Waals surface area contributed by atoms with Crippen molar-refractivity contribution in [1.29, 1.82) is 0 Å². The molecule has 5 heteroatoms. The molecule has 2 atom stereocenters. The molecular formula is C22H42N4O. The van der Waals surface area contributed by atoms with Crippen molar-refractivity contribution in [3.63, 3.8) is 0 Å². The molecule has 5 N–H and O–H groups in total. The predicted molar refractivity (Wildman–Crippen MR) is 117 cm³/mol. The van der Waals surface area contributed by atoms with Gasteiger partial charge in [0.2, 0.25) is 5.91 Å². The fourth-order valence-corrected chi connectivity index (χ4v) is 2.85. The third-order valence-electron chi connectivity index (χ3n) is 4.43. The second kappa shape index (κ2) is 14.3. The van der Waals surface area contributed by atoms with Gasteiger partial charge in [-0.1, -0.05) is 45.9 Å². The minimum absolute atomic E-state index is 0.00525. The molecule has 0 aromatic rings. The molecule has 0 fully saturated rings. The molecule has 0 aliphatic heterocycles. The van der Waals surface area contributed by atoms with Gasteiger partial charge < -0.3 is 21.7 Å². The van der Waals surface area contributed by atoms with Crippen LogP contribution in [-0.2, 0) is 4.79 Å². The van der Waals surface area contributed by atoms with Crippen molar-refractivity contribution >= 4 is 5.91 Å². The van der Waals surface area contributed by atoms with Crippen molar-refractivity contribution in [2.24, 2.45) is 11.7 Å². The maximum absolute atomic E-state index is 12.9. The molecule has 0 aliphatic rings. The van der Waals surface area contributed by atoms with Crippen LogP contribution in [0.4, 0.5) is 0 Å². The second-order valence-electron chi connectivity index (χ2n) is 7.72. The van der Waals surface area contributed by atoms with Crippen LogP contribution >= 0.6 is 0 Å². The highest BCUT2D eigenvalue weighted by Gasteiger charge is 2.24. The summed E-state index contributed by atoms with van der Waals surface area (Å²) in [6.07, 6.45) is 5.33. The van der Waals surface area contributed by atoms with Gasteiger partial charge >= 0.3 is 0 Å². The van der Waals surface area contributed by atoms with Gasteiger partial charge in [0.1, 0.15) is 6.04 Å². The first-order chi connectivity index (χ1) is 12.7. The minimum Gasteiger partial charge on any atom is -0.387 e. The number of rotatable bonds is 16. The van der Waals surface area contributed by atoms with Crippen LogP contribution in [0.1, 0.15) is 66.2 Å². The SMILES string of the molecule is C=C(C)CCCNC(=C)C(NC(=O)C(CCC)NC(=C)CCCN)C(C)C. The van der Waals surface area contributed by atoms with Gasteiger partial charge in [-0.05, 0) is 51.5 Å². The number of carbonyl (C=O) groups excluding carboxylic acids is 1. The Balaban J connectivity index is 4.76. The largest absolute Gasteiger partial charge is 0.387 e. The Bertz CT molecular complexity index is 485. The molecule has 0 heterocycles. The van der Waals surface area contributed by atoms with Crippen molar-refractivity contribution in [3.05, 3.63) is 36.7 Å². The lowest BCUT2D eigenvalue weighted by Crippen LogP contribution is -2.51. The number of hydrogen-bond acceptors (Lipinski definition) is 4. The van der Waals surface area contributed by atoms with Crippen LogP contribution in [0.5, 0.6) is 0 Å². The normalized spacial score (nSPS) is 13.0. The van der Waals surface area contributed by atoms with Crippen LogP contribution in [0.15, 0.2) is 36.7 Å². The van der Waals surface area contributed by atoms with Gasteiger partial charge in [-0.2, -0.15) is 0 Å². The highest BCUT2D eigenvalue weighted by atomic mass is 16.2. The zero-order valence-corrected chi connectivity index (χ0v) is 18.0. The molecule has 2 unspecified atom stereocenters. The average Bonchev–Trinajstić information content (AvgIpc) is 2.60. The van der Waals surface area contributed by atoms with Crippen LogP contribution in [0.25, 0.3) is 0 Å². The van der Waals surface area contributed by atoms with E-state index in [9.17, 15) is 4.79 Å². The molecule has 5 nitrogen and oxygen atoms in total. The summed E-state index contributed by atoms with van der Waals surface area (Å²) < 4.78 is 0. The van der Waals surface area contributed by atoms with E-state index < -0.39 is 0 Å². The molecule has 27 heavy (non-hydrogen) atoms. The highest BCUT2D eigenvalue weighted by Crippen LogP contribution is 2.11. The van der Waals surface area contributed by atoms with Gasteiger partial charge in [0, 0.05) is 17.9 Å². The predicted octanol–water partition coefficient (Wildman–Crippen LogP) is 3.60. The molecule has 0 saturated heterocycles. The molecule has 0 aromatic heterocycles. The lowest BCUT2D eigenvalue weighted by molar-refractivity contribution is -0.124. The highest BCUT2D eigenvalue weighted by molar-refractivity contribution is 5.82. The van der Waals surface area contributed by atoms with E-state index in [1.807, 2.05) is 6.92 Å². The fourth-order valence-electron chi connectivity index (χ4n) is 2.85. The summed E-state index contributed by atoms with van der Waals surface area (Å²) in [6.45, 7) is 21.9. The fraction of sp³-hybridized carbons (Fsp3) is 0.682. The molecule has 0 aromatic carbocycles. The first kappa shape index (κ1) is 25.2. The first-order valence-electron chi connectivity index (χ1n) is 10.2. The third-order valence-corrected chi connectivity index (χ3v) is 4.43. The first-order valence-corrected chi connectivity index (χ1v) is 10.2. The summed E-state index contributed by atoms with van der Waals surface area (Å²) in [5.74, 6) is 0.243. The van der Waals surface area contributed by atoms with E-state index in [2.05, 4.69) is 56.5 Å². The van der Waals surface area contributed by atoms with E-state index in [4.69, 9.17) is 5.73 Å². The molecule has 0 radical (unpaired) electrons. The molecule has 0 saturated carbocycles. The van der Waals surface area contributed by atoms with Crippen LogP contribution in [0, 0.1) is 5.92 Å². The Hall–Kier alpha value is -1.75. The summed E-state index contributed by atoms with van der Waals surface area (Å²) in [7, 11) is 0. The van der Waals surface area contributed by atoms with E-state index in [1.54, 1.807) is 0 Å². The molecule has 0 rings (SSSR count). The smallest absolute Gasteiger partial charge is 0.243 e. The number of hydrogen-bond donors (Lipinski definition) is 4. The summed E-state index contributed by atoms with van der Waals surface area (Å²) in [5.41, 5.74) is 8.46. The van der Waals surface area contributed by atoms with E-state index in [1.165, 1.54) is 5.57 Å². The summed E-state index contributed by atoms with van der Waals surface area (Å²) in [5, 5.41) is 9.81. The Morgan fingerprint density at radius 2 is 1.74 bits per heavy atom. The summed E-state index contributed by atoms with van der Waals surface area (Å²) in [4.78, 5) is 12.9. The Kier molecular flexibility index (Phi) is 13.4. The maximum atomic E-state index is 12.9. The number of allylic oxidation sites excluding steroid dienone is 2. The number of nitrogens with two attached hydrogens (primary N) is 1. The van der Waals surface area contributed by atoms with Crippen molar-refractivity contribution in [1.82, 2.24) is 16.0 Å². The molecule has 0 spiro atoms.